The molecule has 1 fully saturated rings. The Morgan fingerprint density at radius 3 is 1.47 bits per heavy atom. The number of carbonyl (C=O) groups is 2. The molecule has 32 heavy (non-hydrogen) atoms. The van der Waals surface area contributed by atoms with Crippen LogP contribution >= 0.6 is 23.2 Å². The summed E-state index contributed by atoms with van der Waals surface area (Å²) in [5.74, 6) is -1.12. The second-order valence-corrected chi connectivity index (χ2v) is 8.32. The summed E-state index contributed by atoms with van der Waals surface area (Å²) in [7, 11) is 0. The smallest absolute Gasteiger partial charge is 0.283 e. The lowest BCUT2D eigenvalue weighted by atomic mass is 10.0. The number of rotatable bonds is 4. The minimum Gasteiger partial charge on any atom is -0.332 e. The third kappa shape index (κ3) is 4.51. The minimum absolute atomic E-state index is 0.0902. The van der Waals surface area contributed by atoms with Gasteiger partial charge in [0.15, 0.2) is 0 Å². The Morgan fingerprint density at radius 1 is 0.812 bits per heavy atom. The Morgan fingerprint density at radius 2 is 1.16 bits per heavy atom. The molecular formula is C20H18Cl2N4O6. The Balaban J connectivity index is 1.87. The number of halogens is 2. The summed E-state index contributed by atoms with van der Waals surface area (Å²) in [5, 5.41) is 23.0. The van der Waals surface area contributed by atoms with Crippen LogP contribution < -0.4 is 0 Å². The van der Waals surface area contributed by atoms with Crippen LogP contribution in [0.3, 0.4) is 0 Å². The highest BCUT2D eigenvalue weighted by atomic mass is 35.5. The van der Waals surface area contributed by atoms with E-state index in [1.165, 1.54) is 34.1 Å². The number of piperazine rings is 1. The van der Waals surface area contributed by atoms with E-state index < -0.39 is 45.1 Å². The lowest BCUT2D eigenvalue weighted by Crippen LogP contribution is -2.59. The van der Waals surface area contributed by atoms with Crippen LogP contribution in [0.25, 0.3) is 0 Å². The molecule has 2 unspecified atom stereocenters. The molecule has 0 radical (unpaired) electrons. The molecule has 0 spiro atoms. The standard InChI is InChI=1S/C20H18Cl2N4O6/c1-11-9-24(20(28)16-6-4-14(22)8-18(16)26(31)32)12(2)10-23(11)19(27)15-5-3-13(21)7-17(15)25(29)30/h3-8,11-12H,9-10H2,1-2H3. The molecule has 0 saturated carbocycles. The summed E-state index contributed by atoms with van der Waals surface area (Å²) >= 11 is 11.7. The third-order valence-electron chi connectivity index (χ3n) is 5.28. The quantitative estimate of drug-likeness (QED) is 0.476. The first kappa shape index (κ1) is 23.4. The van der Waals surface area contributed by atoms with Crippen LogP contribution in [0.2, 0.25) is 10.0 Å². The van der Waals surface area contributed by atoms with Crippen molar-refractivity contribution >= 4 is 46.4 Å². The summed E-state index contributed by atoms with van der Waals surface area (Å²) in [6.45, 7) is 3.57. The van der Waals surface area contributed by atoms with Gasteiger partial charge in [-0.15, -0.1) is 0 Å². The summed E-state index contributed by atoms with van der Waals surface area (Å²) in [5.41, 5.74) is -1.02. The van der Waals surface area contributed by atoms with E-state index in [2.05, 4.69) is 0 Å². The molecular weight excluding hydrogens is 463 g/mol. The Kier molecular flexibility index (Phi) is 6.65. The van der Waals surface area contributed by atoms with Crippen molar-refractivity contribution in [1.82, 2.24) is 9.80 Å². The van der Waals surface area contributed by atoms with Gasteiger partial charge in [-0.2, -0.15) is 0 Å². The van der Waals surface area contributed by atoms with Crippen LogP contribution in [0.4, 0.5) is 11.4 Å². The van der Waals surface area contributed by atoms with E-state index in [1.54, 1.807) is 13.8 Å². The molecule has 2 amide bonds. The van der Waals surface area contributed by atoms with E-state index in [9.17, 15) is 29.8 Å². The molecule has 0 aliphatic carbocycles. The van der Waals surface area contributed by atoms with E-state index in [-0.39, 0.29) is 34.3 Å². The zero-order valence-corrected chi connectivity index (χ0v) is 18.5. The maximum Gasteiger partial charge on any atom is 0.283 e. The van der Waals surface area contributed by atoms with Crippen LogP contribution in [0.5, 0.6) is 0 Å². The van der Waals surface area contributed by atoms with Gasteiger partial charge < -0.3 is 9.80 Å². The molecule has 0 aromatic heterocycles. The van der Waals surface area contributed by atoms with Gasteiger partial charge in [0, 0.05) is 47.4 Å². The normalized spacial score (nSPS) is 18.4. The zero-order valence-electron chi connectivity index (χ0n) is 17.0. The predicted molar refractivity (Wildman–Crippen MR) is 117 cm³/mol. The Bertz CT molecular complexity index is 1040. The molecule has 1 saturated heterocycles. The SMILES string of the molecule is CC1CN(C(=O)c2ccc(Cl)cc2[N+](=O)[O-])C(C)CN1C(=O)c1ccc(Cl)cc1[N+](=O)[O-]. The van der Waals surface area contributed by atoms with Gasteiger partial charge in [0.25, 0.3) is 23.2 Å². The summed E-state index contributed by atoms with van der Waals surface area (Å²) in [6.07, 6.45) is 0. The Labute approximate surface area is 192 Å². The van der Waals surface area contributed by atoms with Crippen molar-refractivity contribution in [2.75, 3.05) is 13.1 Å². The number of benzene rings is 2. The van der Waals surface area contributed by atoms with Crippen molar-refractivity contribution in [3.63, 3.8) is 0 Å². The average molecular weight is 481 g/mol. The van der Waals surface area contributed by atoms with Crippen molar-refractivity contribution < 1.29 is 19.4 Å². The second kappa shape index (κ2) is 9.09. The molecule has 2 atom stereocenters. The van der Waals surface area contributed by atoms with Gasteiger partial charge in [0.05, 0.1) is 9.85 Å². The highest BCUT2D eigenvalue weighted by Gasteiger charge is 2.38. The van der Waals surface area contributed by atoms with Crippen molar-refractivity contribution in [1.29, 1.82) is 0 Å². The third-order valence-corrected chi connectivity index (χ3v) is 5.75. The number of carbonyl (C=O) groups excluding carboxylic acids is 2. The first-order chi connectivity index (χ1) is 15.0. The van der Waals surface area contributed by atoms with Gasteiger partial charge in [-0.05, 0) is 38.1 Å². The van der Waals surface area contributed by atoms with E-state index in [0.29, 0.717) is 0 Å². The van der Waals surface area contributed by atoms with Crippen LogP contribution in [0.15, 0.2) is 36.4 Å². The highest BCUT2D eigenvalue weighted by Crippen LogP contribution is 2.29. The first-order valence-electron chi connectivity index (χ1n) is 9.51. The first-order valence-corrected chi connectivity index (χ1v) is 10.3. The number of nitrogens with zero attached hydrogens (tertiary/aromatic N) is 4. The molecule has 1 heterocycles. The summed E-state index contributed by atoms with van der Waals surface area (Å²) in [4.78, 5) is 50.5. The summed E-state index contributed by atoms with van der Waals surface area (Å²) < 4.78 is 0. The molecule has 1 aliphatic rings. The highest BCUT2D eigenvalue weighted by molar-refractivity contribution is 6.31. The molecule has 10 nitrogen and oxygen atoms in total. The van der Waals surface area contributed by atoms with Crippen molar-refractivity contribution in [2.24, 2.45) is 0 Å². The molecule has 168 valence electrons. The van der Waals surface area contributed by atoms with Crippen molar-refractivity contribution in [2.45, 2.75) is 25.9 Å². The van der Waals surface area contributed by atoms with Gasteiger partial charge in [-0.25, -0.2) is 0 Å². The number of nitro benzene ring substituents is 2. The number of amides is 2. The van der Waals surface area contributed by atoms with Crippen LogP contribution in [-0.4, -0.2) is 56.6 Å². The van der Waals surface area contributed by atoms with Crippen molar-refractivity contribution in [3.8, 4) is 0 Å². The molecule has 2 aromatic rings. The predicted octanol–water partition coefficient (Wildman–Crippen LogP) is 4.19. The number of nitro groups is 2. The summed E-state index contributed by atoms with van der Waals surface area (Å²) in [6, 6.07) is 6.63. The van der Waals surface area contributed by atoms with Gasteiger partial charge in [-0.3, -0.25) is 29.8 Å². The Hall–Kier alpha value is -3.24. The molecule has 12 heteroatoms. The lowest BCUT2D eigenvalue weighted by Gasteiger charge is -2.44. The van der Waals surface area contributed by atoms with Crippen LogP contribution in [0, 0.1) is 20.2 Å². The largest absolute Gasteiger partial charge is 0.332 e. The molecule has 0 bridgehead atoms. The van der Waals surface area contributed by atoms with E-state index in [0.717, 1.165) is 12.1 Å². The van der Waals surface area contributed by atoms with E-state index in [1.807, 2.05) is 0 Å². The average Bonchev–Trinajstić information content (AvgIpc) is 2.73. The second-order valence-electron chi connectivity index (χ2n) is 7.45. The minimum atomic E-state index is -0.674. The number of hydrogen-bond donors (Lipinski definition) is 0. The van der Waals surface area contributed by atoms with E-state index in [4.69, 9.17) is 23.2 Å². The van der Waals surface area contributed by atoms with Crippen LogP contribution in [-0.2, 0) is 0 Å². The van der Waals surface area contributed by atoms with Crippen molar-refractivity contribution in [3.05, 3.63) is 77.8 Å². The fourth-order valence-corrected chi connectivity index (χ4v) is 4.01. The monoisotopic (exact) mass is 480 g/mol. The topological polar surface area (TPSA) is 127 Å². The molecule has 0 N–H and O–H groups in total. The fourth-order valence-electron chi connectivity index (χ4n) is 3.68. The number of hydrogen-bond acceptors (Lipinski definition) is 6. The fraction of sp³-hybridized carbons (Fsp3) is 0.300. The maximum atomic E-state index is 13.1. The molecule has 2 aromatic carbocycles. The van der Waals surface area contributed by atoms with Gasteiger partial charge in [0.1, 0.15) is 11.1 Å². The van der Waals surface area contributed by atoms with E-state index >= 15 is 0 Å². The van der Waals surface area contributed by atoms with Gasteiger partial charge in [0.2, 0.25) is 0 Å². The molecule has 3 rings (SSSR count). The van der Waals surface area contributed by atoms with Gasteiger partial charge >= 0.3 is 0 Å². The van der Waals surface area contributed by atoms with Crippen LogP contribution in [0.1, 0.15) is 34.6 Å². The van der Waals surface area contributed by atoms with Gasteiger partial charge in [-0.1, -0.05) is 23.2 Å². The zero-order chi connectivity index (χ0) is 23.7. The molecule has 1 aliphatic heterocycles. The lowest BCUT2D eigenvalue weighted by molar-refractivity contribution is -0.385. The maximum absolute atomic E-state index is 13.1.